The van der Waals surface area contributed by atoms with Crippen molar-refractivity contribution in [1.82, 2.24) is 0 Å². The first kappa shape index (κ1) is 12.1. The van der Waals surface area contributed by atoms with Gasteiger partial charge in [0, 0.05) is 5.19 Å². The molecule has 0 bridgehead atoms. The highest BCUT2D eigenvalue weighted by Crippen LogP contribution is 2.13. The van der Waals surface area contributed by atoms with Crippen molar-refractivity contribution in [3.63, 3.8) is 0 Å². The van der Waals surface area contributed by atoms with Gasteiger partial charge in [-0.25, -0.2) is 0 Å². The summed E-state index contributed by atoms with van der Waals surface area (Å²) >= 11 is 0. The molecule has 0 atom stereocenters. The van der Waals surface area contributed by atoms with Crippen LogP contribution in [0.15, 0.2) is 72.8 Å². The quantitative estimate of drug-likeness (QED) is 0.688. The standard InChI is InChI=1S/C16H14O2Si/c17-19(18,14-9-2-1-3-10-14)16-12-6-8-13-7-4-5-11-15(13)16/h1-12,17-18H. The summed E-state index contributed by atoms with van der Waals surface area (Å²) in [6.45, 7) is 0. The zero-order valence-electron chi connectivity index (χ0n) is 10.3. The Morgan fingerprint density at radius 2 is 1.26 bits per heavy atom. The first-order valence-corrected chi connectivity index (χ1v) is 8.07. The smallest absolute Gasteiger partial charge is 0.402 e. The zero-order chi connectivity index (χ0) is 13.3. The van der Waals surface area contributed by atoms with E-state index in [-0.39, 0.29) is 0 Å². The summed E-state index contributed by atoms with van der Waals surface area (Å²) in [7, 11) is -3.62. The summed E-state index contributed by atoms with van der Waals surface area (Å²) < 4.78 is 0. The van der Waals surface area contributed by atoms with E-state index in [1.54, 1.807) is 12.1 Å². The summed E-state index contributed by atoms with van der Waals surface area (Å²) in [6, 6.07) is 22.5. The van der Waals surface area contributed by atoms with Gasteiger partial charge in [-0.3, -0.25) is 0 Å². The third-order valence-corrected chi connectivity index (χ3v) is 5.67. The van der Waals surface area contributed by atoms with Crippen molar-refractivity contribution in [2.45, 2.75) is 0 Å². The maximum absolute atomic E-state index is 10.6. The molecule has 0 aliphatic heterocycles. The monoisotopic (exact) mass is 266 g/mol. The van der Waals surface area contributed by atoms with E-state index in [9.17, 15) is 9.59 Å². The number of hydrogen-bond acceptors (Lipinski definition) is 2. The van der Waals surface area contributed by atoms with Crippen LogP contribution in [0, 0.1) is 0 Å². The third-order valence-electron chi connectivity index (χ3n) is 3.34. The molecule has 0 fully saturated rings. The lowest BCUT2D eigenvalue weighted by atomic mass is 10.1. The Kier molecular flexibility index (Phi) is 2.95. The van der Waals surface area contributed by atoms with Gasteiger partial charge >= 0.3 is 8.56 Å². The lowest BCUT2D eigenvalue weighted by molar-refractivity contribution is 0.402. The Hall–Kier alpha value is -1.94. The van der Waals surface area contributed by atoms with Crippen LogP contribution >= 0.6 is 0 Å². The van der Waals surface area contributed by atoms with Gasteiger partial charge in [0.25, 0.3) is 0 Å². The maximum Gasteiger partial charge on any atom is 0.402 e. The molecule has 2 N–H and O–H groups in total. The van der Waals surface area contributed by atoms with Gasteiger partial charge in [0.1, 0.15) is 0 Å². The molecule has 0 unspecified atom stereocenters. The Morgan fingerprint density at radius 3 is 2.05 bits per heavy atom. The highest BCUT2D eigenvalue weighted by atomic mass is 28.4. The van der Waals surface area contributed by atoms with Gasteiger partial charge < -0.3 is 9.59 Å². The van der Waals surface area contributed by atoms with Crippen LogP contribution in [0.1, 0.15) is 0 Å². The van der Waals surface area contributed by atoms with Gasteiger partial charge in [0.05, 0.1) is 0 Å². The minimum Gasteiger partial charge on any atom is -0.404 e. The molecule has 0 spiro atoms. The maximum atomic E-state index is 10.6. The Labute approximate surface area is 112 Å². The van der Waals surface area contributed by atoms with Crippen molar-refractivity contribution in [2.75, 3.05) is 0 Å². The average molecular weight is 266 g/mol. The molecule has 0 radical (unpaired) electrons. The SMILES string of the molecule is O[Si](O)(c1ccccc1)c1cccc2ccccc12. The molecule has 0 aromatic heterocycles. The van der Waals surface area contributed by atoms with E-state index in [0.717, 1.165) is 10.8 Å². The predicted octanol–water partition coefficient (Wildman–Crippen LogP) is 1.38. The fourth-order valence-electron chi connectivity index (χ4n) is 2.36. The number of fused-ring (bicyclic) bond motifs is 1. The van der Waals surface area contributed by atoms with E-state index >= 15 is 0 Å². The lowest BCUT2D eigenvalue weighted by Crippen LogP contribution is -2.59. The third kappa shape index (κ3) is 2.08. The van der Waals surface area contributed by atoms with Crippen LogP contribution in [0.2, 0.25) is 0 Å². The first-order valence-electron chi connectivity index (χ1n) is 6.18. The fraction of sp³-hybridized carbons (Fsp3) is 0. The summed E-state index contributed by atoms with van der Waals surface area (Å²) in [5.41, 5.74) is 0. The van der Waals surface area contributed by atoms with Crippen LogP contribution in [0.25, 0.3) is 10.8 Å². The van der Waals surface area contributed by atoms with Crippen LogP contribution in [0.5, 0.6) is 0 Å². The predicted molar refractivity (Wildman–Crippen MR) is 79.8 cm³/mol. The molecule has 3 heteroatoms. The van der Waals surface area contributed by atoms with E-state index in [4.69, 9.17) is 0 Å². The molecule has 94 valence electrons. The van der Waals surface area contributed by atoms with Crippen molar-refractivity contribution in [3.05, 3.63) is 72.8 Å². The largest absolute Gasteiger partial charge is 0.404 e. The molecule has 0 amide bonds. The van der Waals surface area contributed by atoms with Gasteiger partial charge in [-0.2, -0.15) is 0 Å². The van der Waals surface area contributed by atoms with Gasteiger partial charge in [-0.1, -0.05) is 72.8 Å². The molecule has 0 saturated carbocycles. The van der Waals surface area contributed by atoms with E-state index in [0.29, 0.717) is 10.4 Å². The molecule has 3 rings (SSSR count). The minimum absolute atomic E-state index is 0.603. The van der Waals surface area contributed by atoms with Crippen molar-refractivity contribution >= 4 is 29.7 Å². The van der Waals surface area contributed by atoms with Crippen molar-refractivity contribution in [2.24, 2.45) is 0 Å². The van der Waals surface area contributed by atoms with Crippen molar-refractivity contribution in [3.8, 4) is 0 Å². The van der Waals surface area contributed by atoms with Gasteiger partial charge in [0.2, 0.25) is 0 Å². The Morgan fingerprint density at radius 1 is 0.632 bits per heavy atom. The number of hydrogen-bond donors (Lipinski definition) is 2. The second kappa shape index (κ2) is 4.62. The Balaban J connectivity index is 2.24. The van der Waals surface area contributed by atoms with Crippen LogP contribution < -0.4 is 10.4 Å². The normalized spacial score (nSPS) is 11.7. The van der Waals surface area contributed by atoms with Crippen LogP contribution in [-0.4, -0.2) is 18.2 Å². The molecule has 0 saturated heterocycles. The molecular formula is C16H14O2Si. The summed E-state index contributed by atoms with van der Waals surface area (Å²) in [4.78, 5) is 21.3. The summed E-state index contributed by atoms with van der Waals surface area (Å²) in [5.74, 6) is 0. The van der Waals surface area contributed by atoms with E-state index in [2.05, 4.69) is 0 Å². The van der Waals surface area contributed by atoms with Crippen LogP contribution in [0.4, 0.5) is 0 Å². The molecule has 3 aromatic carbocycles. The average Bonchev–Trinajstić information content (AvgIpc) is 2.47. The molecule has 0 aliphatic carbocycles. The lowest BCUT2D eigenvalue weighted by Gasteiger charge is -2.20. The topological polar surface area (TPSA) is 40.5 Å². The zero-order valence-corrected chi connectivity index (χ0v) is 11.3. The molecule has 0 aliphatic rings. The molecular weight excluding hydrogens is 252 g/mol. The first-order chi connectivity index (χ1) is 9.19. The van der Waals surface area contributed by atoms with Gasteiger partial charge in [-0.05, 0) is 16.0 Å². The number of rotatable bonds is 2. The molecule has 3 aromatic rings. The van der Waals surface area contributed by atoms with Gasteiger partial charge in [0.15, 0.2) is 0 Å². The van der Waals surface area contributed by atoms with Crippen molar-refractivity contribution in [1.29, 1.82) is 0 Å². The minimum atomic E-state index is -3.62. The Bertz CT molecular complexity index is 703. The van der Waals surface area contributed by atoms with E-state index in [1.807, 2.05) is 60.7 Å². The molecule has 2 nitrogen and oxygen atoms in total. The highest BCUT2D eigenvalue weighted by Gasteiger charge is 2.35. The second-order valence-corrected chi connectivity index (χ2v) is 7.03. The van der Waals surface area contributed by atoms with Crippen LogP contribution in [-0.2, 0) is 0 Å². The van der Waals surface area contributed by atoms with E-state index < -0.39 is 8.56 Å². The summed E-state index contributed by atoms with van der Waals surface area (Å²) in [6.07, 6.45) is 0. The fourth-order valence-corrected chi connectivity index (χ4v) is 4.26. The van der Waals surface area contributed by atoms with Crippen molar-refractivity contribution < 1.29 is 9.59 Å². The number of benzene rings is 3. The molecule has 0 heterocycles. The summed E-state index contributed by atoms with van der Waals surface area (Å²) in [5, 5.41) is 3.17. The highest BCUT2D eigenvalue weighted by molar-refractivity contribution is 6.92. The molecule has 19 heavy (non-hydrogen) atoms. The second-order valence-electron chi connectivity index (χ2n) is 4.56. The van der Waals surface area contributed by atoms with E-state index in [1.165, 1.54) is 0 Å². The van der Waals surface area contributed by atoms with Gasteiger partial charge in [-0.15, -0.1) is 0 Å². The van der Waals surface area contributed by atoms with Crippen LogP contribution in [0.3, 0.4) is 0 Å².